The Morgan fingerprint density at radius 1 is 1.00 bits per heavy atom. The molecule has 0 nitrogen and oxygen atoms in total. The Morgan fingerprint density at radius 2 is 1.76 bits per heavy atom. The van der Waals surface area contributed by atoms with E-state index in [4.69, 9.17) is 6.58 Å². The number of allylic oxidation sites excluding steroid dienone is 1. The molecule has 2 aromatic carbocycles. The summed E-state index contributed by atoms with van der Waals surface area (Å²) >= 11 is 0. The summed E-state index contributed by atoms with van der Waals surface area (Å²) in [6, 6.07) is 14.8. The number of benzene rings is 2. The van der Waals surface area contributed by atoms with E-state index in [1.54, 1.807) is 0 Å². The highest BCUT2D eigenvalue weighted by molar-refractivity contribution is 5.93. The second-order valence-corrected chi connectivity index (χ2v) is 4.51. The van der Waals surface area contributed by atoms with Gasteiger partial charge in [-0.25, -0.2) is 0 Å². The molecule has 0 amide bonds. The number of rotatable bonds is 5. The molecular weight excluding hydrogens is 204 g/mol. The molecule has 0 fully saturated rings. The van der Waals surface area contributed by atoms with E-state index in [1.807, 2.05) is 0 Å². The number of unbranched alkanes of at least 4 members (excludes halogenated alkanes) is 2. The maximum Gasteiger partial charge on any atom is -0.0109 e. The van der Waals surface area contributed by atoms with E-state index in [1.165, 1.54) is 35.6 Å². The number of hydrogen-bond donors (Lipinski definition) is 0. The van der Waals surface area contributed by atoms with Gasteiger partial charge in [0.05, 0.1) is 0 Å². The van der Waals surface area contributed by atoms with Crippen LogP contribution in [0.4, 0.5) is 0 Å². The van der Waals surface area contributed by atoms with Crippen molar-refractivity contribution in [1.82, 2.24) is 0 Å². The van der Waals surface area contributed by atoms with E-state index in [0.29, 0.717) is 0 Å². The molecule has 0 heterocycles. The SMILES string of the molecule is [CH]=C(CCCCC)c1cccc2ccccc12. The minimum Gasteiger partial charge on any atom is -0.0654 e. The fraction of sp³-hybridized carbons (Fsp3) is 0.294. The molecule has 1 radical (unpaired) electrons. The minimum absolute atomic E-state index is 1.00. The van der Waals surface area contributed by atoms with Crippen LogP contribution in [-0.2, 0) is 0 Å². The predicted octanol–water partition coefficient (Wildman–Crippen LogP) is 5.24. The van der Waals surface area contributed by atoms with E-state index in [-0.39, 0.29) is 0 Å². The lowest BCUT2D eigenvalue weighted by atomic mass is 9.96. The molecule has 0 atom stereocenters. The molecule has 0 heteroatoms. The van der Waals surface area contributed by atoms with Gasteiger partial charge in [-0.05, 0) is 34.8 Å². The minimum atomic E-state index is 1.00. The molecule has 0 bridgehead atoms. The zero-order chi connectivity index (χ0) is 12.1. The van der Waals surface area contributed by atoms with Crippen molar-refractivity contribution in [2.24, 2.45) is 0 Å². The van der Waals surface area contributed by atoms with Crippen molar-refractivity contribution in [3.05, 3.63) is 54.6 Å². The first kappa shape index (κ1) is 11.9. The highest BCUT2D eigenvalue weighted by Crippen LogP contribution is 2.27. The molecule has 87 valence electrons. The molecule has 0 unspecified atom stereocenters. The molecule has 0 aliphatic rings. The van der Waals surface area contributed by atoms with Gasteiger partial charge in [-0.15, -0.1) is 0 Å². The van der Waals surface area contributed by atoms with Crippen LogP contribution in [0.5, 0.6) is 0 Å². The van der Waals surface area contributed by atoms with E-state index in [2.05, 4.69) is 49.4 Å². The van der Waals surface area contributed by atoms with Crippen LogP contribution in [0.2, 0.25) is 0 Å². The molecular formula is C17H19. The third-order valence-electron chi connectivity index (χ3n) is 3.19. The Hall–Kier alpha value is -1.56. The van der Waals surface area contributed by atoms with Crippen LogP contribution < -0.4 is 0 Å². The largest absolute Gasteiger partial charge is 0.0654 e. The van der Waals surface area contributed by atoms with E-state index >= 15 is 0 Å². The summed E-state index contributed by atoms with van der Waals surface area (Å²) < 4.78 is 0. The topological polar surface area (TPSA) is 0 Å². The van der Waals surface area contributed by atoms with Crippen LogP contribution in [0.1, 0.15) is 38.2 Å². The second kappa shape index (κ2) is 5.67. The van der Waals surface area contributed by atoms with Gasteiger partial charge in [0.25, 0.3) is 0 Å². The molecule has 2 rings (SSSR count). The molecule has 0 aromatic heterocycles. The van der Waals surface area contributed by atoms with Crippen LogP contribution in [-0.4, -0.2) is 0 Å². The van der Waals surface area contributed by atoms with Crippen LogP contribution >= 0.6 is 0 Å². The van der Waals surface area contributed by atoms with Crippen molar-refractivity contribution in [1.29, 1.82) is 0 Å². The molecule has 0 N–H and O–H groups in total. The van der Waals surface area contributed by atoms with Crippen molar-refractivity contribution in [2.45, 2.75) is 32.6 Å². The summed E-state index contributed by atoms with van der Waals surface area (Å²) in [5.74, 6) is 0. The van der Waals surface area contributed by atoms with E-state index in [9.17, 15) is 0 Å². The predicted molar refractivity (Wildman–Crippen MR) is 75.8 cm³/mol. The van der Waals surface area contributed by atoms with Gasteiger partial charge in [-0.3, -0.25) is 0 Å². The summed E-state index contributed by atoms with van der Waals surface area (Å²) in [6.45, 7) is 8.43. The zero-order valence-electron chi connectivity index (χ0n) is 10.4. The maximum absolute atomic E-state index is 6.22. The Bertz CT molecular complexity index is 503. The first-order chi connectivity index (χ1) is 8.33. The number of hydrogen-bond acceptors (Lipinski definition) is 0. The fourth-order valence-electron chi connectivity index (χ4n) is 2.21. The second-order valence-electron chi connectivity index (χ2n) is 4.51. The fourth-order valence-corrected chi connectivity index (χ4v) is 2.21. The molecule has 17 heavy (non-hydrogen) atoms. The molecule has 0 aliphatic heterocycles. The van der Waals surface area contributed by atoms with Gasteiger partial charge in [0.1, 0.15) is 0 Å². The zero-order valence-corrected chi connectivity index (χ0v) is 10.4. The normalized spacial score (nSPS) is 10.6. The Labute approximate surface area is 104 Å². The lowest BCUT2D eigenvalue weighted by Crippen LogP contribution is -1.86. The van der Waals surface area contributed by atoms with Crippen molar-refractivity contribution >= 4 is 16.3 Å². The van der Waals surface area contributed by atoms with Crippen molar-refractivity contribution in [2.75, 3.05) is 0 Å². The third-order valence-corrected chi connectivity index (χ3v) is 3.19. The van der Waals surface area contributed by atoms with Crippen LogP contribution in [0, 0.1) is 6.58 Å². The van der Waals surface area contributed by atoms with Crippen molar-refractivity contribution in [3.63, 3.8) is 0 Å². The van der Waals surface area contributed by atoms with E-state index in [0.717, 1.165) is 12.0 Å². The van der Waals surface area contributed by atoms with Crippen molar-refractivity contribution in [3.8, 4) is 0 Å². The first-order valence-corrected chi connectivity index (χ1v) is 6.42. The lowest BCUT2D eigenvalue weighted by Gasteiger charge is -2.09. The van der Waals surface area contributed by atoms with Crippen LogP contribution in [0.3, 0.4) is 0 Å². The standard InChI is InChI=1S/C17H19/c1-3-4-5-9-14(2)16-13-8-11-15-10-6-7-12-17(15)16/h2,6-8,10-13H,3-5,9H2,1H3. The van der Waals surface area contributed by atoms with Gasteiger partial charge in [-0.2, -0.15) is 0 Å². The summed E-state index contributed by atoms with van der Waals surface area (Å²) in [6.07, 6.45) is 4.68. The molecule has 0 aliphatic carbocycles. The lowest BCUT2D eigenvalue weighted by molar-refractivity contribution is 0.736. The van der Waals surface area contributed by atoms with Crippen LogP contribution in [0.25, 0.3) is 16.3 Å². The van der Waals surface area contributed by atoms with Gasteiger partial charge in [0.15, 0.2) is 0 Å². The molecule has 0 saturated carbocycles. The van der Waals surface area contributed by atoms with Gasteiger partial charge >= 0.3 is 0 Å². The van der Waals surface area contributed by atoms with Gasteiger partial charge in [0, 0.05) is 0 Å². The summed E-state index contributed by atoms with van der Waals surface area (Å²) in [5, 5.41) is 2.53. The molecule has 2 aromatic rings. The first-order valence-electron chi connectivity index (χ1n) is 6.42. The van der Waals surface area contributed by atoms with Crippen LogP contribution in [0.15, 0.2) is 42.5 Å². The highest BCUT2D eigenvalue weighted by atomic mass is 14.1. The van der Waals surface area contributed by atoms with E-state index < -0.39 is 0 Å². The number of fused-ring (bicyclic) bond motifs is 1. The van der Waals surface area contributed by atoms with Gasteiger partial charge in [-0.1, -0.05) is 68.8 Å². The Morgan fingerprint density at radius 3 is 2.59 bits per heavy atom. The highest BCUT2D eigenvalue weighted by Gasteiger charge is 2.03. The maximum atomic E-state index is 6.22. The molecule has 0 spiro atoms. The third kappa shape index (κ3) is 2.76. The molecule has 0 saturated heterocycles. The average molecular weight is 223 g/mol. The Kier molecular flexibility index (Phi) is 3.98. The Balaban J connectivity index is 2.26. The van der Waals surface area contributed by atoms with Gasteiger partial charge < -0.3 is 0 Å². The summed E-state index contributed by atoms with van der Waals surface area (Å²) in [5.41, 5.74) is 2.23. The monoisotopic (exact) mass is 223 g/mol. The summed E-state index contributed by atoms with van der Waals surface area (Å²) in [4.78, 5) is 0. The smallest absolute Gasteiger partial charge is 0.0109 e. The average Bonchev–Trinajstić information content (AvgIpc) is 2.38. The summed E-state index contributed by atoms with van der Waals surface area (Å²) in [7, 11) is 0. The van der Waals surface area contributed by atoms with Gasteiger partial charge in [0.2, 0.25) is 0 Å². The quantitative estimate of drug-likeness (QED) is 0.608. The van der Waals surface area contributed by atoms with Crippen molar-refractivity contribution < 1.29 is 0 Å².